The van der Waals surface area contributed by atoms with E-state index in [2.05, 4.69) is 57.4 Å². The fourth-order valence-electron chi connectivity index (χ4n) is 3.80. The Morgan fingerprint density at radius 1 is 0.935 bits per heavy atom. The van der Waals surface area contributed by atoms with Crippen molar-refractivity contribution >= 4 is 29.1 Å². The van der Waals surface area contributed by atoms with Crippen molar-refractivity contribution in [1.29, 1.82) is 0 Å². The number of hydrogen-bond donors (Lipinski definition) is 1. The third-order valence-electron chi connectivity index (χ3n) is 5.49. The molecular formula is C24H31N7. The Morgan fingerprint density at radius 3 is 2.39 bits per heavy atom. The van der Waals surface area contributed by atoms with E-state index < -0.39 is 0 Å². The van der Waals surface area contributed by atoms with Gasteiger partial charge in [-0.05, 0) is 30.2 Å². The summed E-state index contributed by atoms with van der Waals surface area (Å²) in [7, 11) is 4.03. The molecule has 0 aliphatic carbocycles. The summed E-state index contributed by atoms with van der Waals surface area (Å²) in [5.74, 6) is 3.51. The van der Waals surface area contributed by atoms with Gasteiger partial charge in [-0.3, -0.25) is 0 Å². The SMILES string of the molecule is CCCc1ccccc1Nc1cc(N(C)C)nc(N2CCN(c3ccccn3)CC2)n1. The van der Waals surface area contributed by atoms with Gasteiger partial charge in [0, 0.05) is 58.2 Å². The van der Waals surface area contributed by atoms with Gasteiger partial charge in [0.2, 0.25) is 5.95 Å². The van der Waals surface area contributed by atoms with E-state index in [0.717, 1.165) is 68.1 Å². The summed E-state index contributed by atoms with van der Waals surface area (Å²) in [4.78, 5) is 20.8. The van der Waals surface area contributed by atoms with Gasteiger partial charge in [-0.15, -0.1) is 0 Å². The van der Waals surface area contributed by atoms with Gasteiger partial charge in [-0.2, -0.15) is 9.97 Å². The summed E-state index contributed by atoms with van der Waals surface area (Å²) < 4.78 is 0. The number of aromatic nitrogens is 3. The first-order valence-electron chi connectivity index (χ1n) is 11.0. The fourth-order valence-corrected chi connectivity index (χ4v) is 3.80. The molecule has 1 aromatic carbocycles. The molecule has 0 unspecified atom stereocenters. The van der Waals surface area contributed by atoms with Crippen molar-refractivity contribution in [2.45, 2.75) is 19.8 Å². The Kier molecular flexibility index (Phi) is 6.50. The average Bonchev–Trinajstić information content (AvgIpc) is 2.81. The lowest BCUT2D eigenvalue weighted by Crippen LogP contribution is -2.47. The minimum Gasteiger partial charge on any atom is -0.363 e. The van der Waals surface area contributed by atoms with E-state index in [4.69, 9.17) is 9.97 Å². The van der Waals surface area contributed by atoms with E-state index in [1.165, 1.54) is 5.56 Å². The third kappa shape index (κ3) is 5.05. The van der Waals surface area contributed by atoms with Crippen molar-refractivity contribution in [3.63, 3.8) is 0 Å². The molecule has 1 N–H and O–H groups in total. The predicted octanol–water partition coefficient (Wildman–Crippen LogP) is 3.96. The zero-order valence-electron chi connectivity index (χ0n) is 18.6. The van der Waals surface area contributed by atoms with Crippen LogP contribution in [0.25, 0.3) is 0 Å². The van der Waals surface area contributed by atoms with Gasteiger partial charge in [0.05, 0.1) is 0 Å². The number of rotatable bonds is 7. The van der Waals surface area contributed by atoms with Crippen LogP contribution in [0.1, 0.15) is 18.9 Å². The maximum absolute atomic E-state index is 4.88. The van der Waals surface area contributed by atoms with Crippen LogP contribution in [0.3, 0.4) is 0 Å². The van der Waals surface area contributed by atoms with Gasteiger partial charge >= 0.3 is 0 Å². The van der Waals surface area contributed by atoms with E-state index in [-0.39, 0.29) is 0 Å². The number of aryl methyl sites for hydroxylation is 1. The zero-order valence-corrected chi connectivity index (χ0v) is 18.6. The van der Waals surface area contributed by atoms with Crippen LogP contribution >= 0.6 is 0 Å². The van der Waals surface area contributed by atoms with Crippen LogP contribution in [0.15, 0.2) is 54.7 Å². The second-order valence-corrected chi connectivity index (χ2v) is 8.00. The van der Waals surface area contributed by atoms with Crippen LogP contribution in [-0.2, 0) is 6.42 Å². The molecule has 0 radical (unpaired) electrons. The first kappa shape index (κ1) is 20.9. The maximum Gasteiger partial charge on any atom is 0.229 e. The minimum atomic E-state index is 0.766. The highest BCUT2D eigenvalue weighted by Crippen LogP contribution is 2.26. The van der Waals surface area contributed by atoms with Crippen molar-refractivity contribution in [3.8, 4) is 0 Å². The molecule has 7 nitrogen and oxygen atoms in total. The molecule has 3 aromatic rings. The topological polar surface area (TPSA) is 60.4 Å². The number of hydrogen-bond acceptors (Lipinski definition) is 7. The van der Waals surface area contributed by atoms with Crippen LogP contribution in [-0.4, -0.2) is 55.2 Å². The van der Waals surface area contributed by atoms with Gasteiger partial charge in [-0.25, -0.2) is 4.98 Å². The van der Waals surface area contributed by atoms with Crippen molar-refractivity contribution in [2.75, 3.05) is 60.3 Å². The highest BCUT2D eigenvalue weighted by Gasteiger charge is 2.21. The number of benzene rings is 1. The van der Waals surface area contributed by atoms with Gasteiger partial charge in [0.15, 0.2) is 0 Å². The van der Waals surface area contributed by atoms with Crippen LogP contribution < -0.4 is 20.0 Å². The first-order chi connectivity index (χ1) is 15.1. The second-order valence-electron chi connectivity index (χ2n) is 8.00. The number of nitrogens with one attached hydrogen (secondary N) is 1. The van der Waals surface area contributed by atoms with E-state index in [0.29, 0.717) is 0 Å². The van der Waals surface area contributed by atoms with Gasteiger partial charge < -0.3 is 20.0 Å². The summed E-state index contributed by atoms with van der Waals surface area (Å²) in [6.07, 6.45) is 3.99. The molecule has 0 amide bonds. The van der Waals surface area contributed by atoms with E-state index >= 15 is 0 Å². The zero-order chi connectivity index (χ0) is 21.6. The van der Waals surface area contributed by atoms with E-state index in [9.17, 15) is 0 Å². The van der Waals surface area contributed by atoms with Crippen LogP contribution in [0.2, 0.25) is 0 Å². The Bertz CT molecular complexity index is 982. The molecule has 1 saturated heterocycles. The minimum absolute atomic E-state index is 0.766. The number of anilines is 5. The highest BCUT2D eigenvalue weighted by molar-refractivity contribution is 5.64. The third-order valence-corrected chi connectivity index (χ3v) is 5.49. The molecule has 2 aromatic heterocycles. The van der Waals surface area contributed by atoms with Gasteiger partial charge in [0.25, 0.3) is 0 Å². The lowest BCUT2D eigenvalue weighted by Gasteiger charge is -2.35. The molecular weight excluding hydrogens is 386 g/mol. The fraction of sp³-hybridized carbons (Fsp3) is 0.375. The lowest BCUT2D eigenvalue weighted by atomic mass is 10.1. The largest absolute Gasteiger partial charge is 0.363 e. The Hall–Kier alpha value is -3.35. The van der Waals surface area contributed by atoms with Gasteiger partial charge in [-0.1, -0.05) is 37.6 Å². The lowest BCUT2D eigenvalue weighted by molar-refractivity contribution is 0.635. The quantitative estimate of drug-likeness (QED) is 0.624. The van der Waals surface area contributed by atoms with Gasteiger partial charge in [0.1, 0.15) is 17.5 Å². The van der Waals surface area contributed by atoms with Crippen molar-refractivity contribution in [2.24, 2.45) is 0 Å². The molecule has 162 valence electrons. The average molecular weight is 418 g/mol. The molecule has 1 aliphatic heterocycles. The molecule has 7 heteroatoms. The second kappa shape index (κ2) is 9.64. The molecule has 31 heavy (non-hydrogen) atoms. The predicted molar refractivity (Wildman–Crippen MR) is 129 cm³/mol. The number of nitrogens with zero attached hydrogens (tertiary/aromatic N) is 6. The van der Waals surface area contributed by atoms with E-state index in [1.54, 1.807) is 0 Å². The summed E-state index contributed by atoms with van der Waals surface area (Å²) in [5.41, 5.74) is 2.42. The Morgan fingerprint density at radius 2 is 1.68 bits per heavy atom. The molecule has 0 bridgehead atoms. The van der Waals surface area contributed by atoms with Crippen molar-refractivity contribution in [1.82, 2.24) is 15.0 Å². The summed E-state index contributed by atoms with van der Waals surface area (Å²) in [6, 6.07) is 16.5. The summed E-state index contributed by atoms with van der Waals surface area (Å²) in [6.45, 7) is 5.72. The maximum atomic E-state index is 4.88. The van der Waals surface area contributed by atoms with Crippen molar-refractivity contribution in [3.05, 3.63) is 60.3 Å². The standard InChI is InChI=1S/C24H31N7/c1-4-9-19-10-5-6-11-20(19)26-21-18-23(29(2)3)28-24(27-21)31-16-14-30(15-17-31)22-12-7-8-13-25-22/h5-8,10-13,18H,4,9,14-17H2,1-3H3,(H,26,27,28). The van der Waals surface area contributed by atoms with Crippen molar-refractivity contribution < 1.29 is 0 Å². The van der Waals surface area contributed by atoms with E-state index in [1.807, 2.05) is 43.4 Å². The molecule has 1 aliphatic rings. The molecule has 0 saturated carbocycles. The Labute approximate surface area is 184 Å². The Balaban J connectivity index is 1.54. The number of pyridine rings is 1. The molecule has 3 heterocycles. The number of piperazine rings is 1. The first-order valence-corrected chi connectivity index (χ1v) is 11.0. The molecule has 0 spiro atoms. The molecule has 0 atom stereocenters. The molecule has 1 fully saturated rings. The normalized spacial score (nSPS) is 13.9. The smallest absolute Gasteiger partial charge is 0.229 e. The highest BCUT2D eigenvalue weighted by atomic mass is 15.3. The monoisotopic (exact) mass is 417 g/mol. The van der Waals surface area contributed by atoms with Crippen LogP contribution in [0.5, 0.6) is 0 Å². The van der Waals surface area contributed by atoms with Crippen LogP contribution in [0.4, 0.5) is 29.1 Å². The summed E-state index contributed by atoms with van der Waals surface area (Å²) in [5, 5.41) is 3.54. The number of para-hydroxylation sites is 1. The van der Waals surface area contributed by atoms with Crippen LogP contribution in [0, 0.1) is 0 Å². The molecule has 4 rings (SSSR count). The summed E-state index contributed by atoms with van der Waals surface area (Å²) >= 11 is 0.